The van der Waals surface area contributed by atoms with Crippen LogP contribution >= 0.6 is 11.6 Å². The van der Waals surface area contributed by atoms with E-state index in [-0.39, 0.29) is 12.1 Å². The number of rotatable bonds is 3. The van der Waals surface area contributed by atoms with Crippen LogP contribution in [0.1, 0.15) is 19.4 Å². The van der Waals surface area contributed by atoms with Gasteiger partial charge in [-0.25, -0.2) is 9.97 Å². The van der Waals surface area contributed by atoms with Crippen molar-refractivity contribution in [1.29, 1.82) is 0 Å². The number of aliphatic hydroxyl groups excluding tert-OH is 1. The Bertz CT molecular complexity index is 355. The summed E-state index contributed by atoms with van der Waals surface area (Å²) >= 11 is 5.91. The van der Waals surface area contributed by atoms with Gasteiger partial charge in [0.05, 0.1) is 12.1 Å². The number of aromatic nitrogens is 2. The van der Waals surface area contributed by atoms with Gasteiger partial charge in [-0.1, -0.05) is 11.6 Å². The summed E-state index contributed by atoms with van der Waals surface area (Å²) in [7, 11) is 1.88. The largest absolute Gasteiger partial charge is 0.394 e. The fourth-order valence-electron chi connectivity index (χ4n) is 1.15. The molecule has 0 saturated heterocycles. The zero-order valence-electron chi connectivity index (χ0n) is 9.45. The third-order valence-corrected chi connectivity index (χ3v) is 2.99. The fourth-order valence-corrected chi connectivity index (χ4v) is 1.28. The molecule has 1 aromatic rings. The molecule has 0 spiro atoms. The molecule has 0 saturated carbocycles. The third kappa shape index (κ3) is 2.38. The van der Waals surface area contributed by atoms with Gasteiger partial charge in [0.25, 0.3) is 0 Å². The van der Waals surface area contributed by atoms with E-state index in [1.165, 1.54) is 6.33 Å². The van der Waals surface area contributed by atoms with Crippen LogP contribution in [0.2, 0.25) is 5.15 Å². The van der Waals surface area contributed by atoms with Crippen LogP contribution in [0.3, 0.4) is 0 Å². The van der Waals surface area contributed by atoms with Crippen molar-refractivity contribution in [2.75, 3.05) is 18.6 Å². The Balaban J connectivity index is 3.12. The van der Waals surface area contributed by atoms with Gasteiger partial charge in [-0.05, 0) is 20.8 Å². The van der Waals surface area contributed by atoms with Crippen LogP contribution in [0.25, 0.3) is 0 Å². The summed E-state index contributed by atoms with van der Waals surface area (Å²) in [4.78, 5) is 9.97. The van der Waals surface area contributed by atoms with Gasteiger partial charge in [-0.2, -0.15) is 0 Å². The third-order valence-electron chi connectivity index (χ3n) is 2.61. The molecule has 5 heteroatoms. The Hall–Kier alpha value is -0.870. The molecule has 1 aromatic heterocycles. The van der Waals surface area contributed by atoms with Gasteiger partial charge in [0.1, 0.15) is 17.3 Å². The highest BCUT2D eigenvalue weighted by Crippen LogP contribution is 2.26. The van der Waals surface area contributed by atoms with Crippen LogP contribution in [0.5, 0.6) is 0 Å². The summed E-state index contributed by atoms with van der Waals surface area (Å²) in [5.74, 6) is 0.744. The molecule has 1 rings (SSSR count). The summed E-state index contributed by atoms with van der Waals surface area (Å²) in [6.07, 6.45) is 1.43. The Morgan fingerprint density at radius 3 is 2.60 bits per heavy atom. The lowest BCUT2D eigenvalue weighted by molar-refractivity contribution is 0.215. The first kappa shape index (κ1) is 12.2. The van der Waals surface area contributed by atoms with Crippen LogP contribution in [-0.4, -0.2) is 34.3 Å². The zero-order valence-corrected chi connectivity index (χ0v) is 10.2. The van der Waals surface area contributed by atoms with Gasteiger partial charge < -0.3 is 10.0 Å². The standard InChI is InChI=1S/C10H16ClN3O/c1-7-8(11)12-6-13-9(7)14(4)10(2,3)5-15/h6,15H,5H2,1-4H3. The van der Waals surface area contributed by atoms with E-state index in [1.807, 2.05) is 32.7 Å². The maximum atomic E-state index is 9.27. The highest BCUT2D eigenvalue weighted by molar-refractivity contribution is 6.30. The Kier molecular flexibility index (Phi) is 3.52. The molecule has 84 valence electrons. The molecule has 0 bridgehead atoms. The number of nitrogens with zero attached hydrogens (tertiary/aromatic N) is 3. The number of hydrogen-bond donors (Lipinski definition) is 1. The molecule has 1 heterocycles. The molecule has 0 unspecified atom stereocenters. The number of anilines is 1. The quantitative estimate of drug-likeness (QED) is 0.801. The summed E-state index contributed by atoms with van der Waals surface area (Å²) < 4.78 is 0. The van der Waals surface area contributed by atoms with Gasteiger partial charge in [-0.3, -0.25) is 0 Å². The predicted octanol–water partition coefficient (Wildman–Crippen LogP) is 1.65. The first-order chi connectivity index (χ1) is 6.90. The second-order valence-corrected chi connectivity index (χ2v) is 4.50. The number of hydrogen-bond acceptors (Lipinski definition) is 4. The topological polar surface area (TPSA) is 49.2 Å². The summed E-state index contributed by atoms with van der Waals surface area (Å²) in [5.41, 5.74) is 0.450. The normalized spacial score (nSPS) is 11.6. The van der Waals surface area contributed by atoms with E-state index in [1.54, 1.807) is 0 Å². The van der Waals surface area contributed by atoms with Crippen LogP contribution in [-0.2, 0) is 0 Å². The van der Waals surface area contributed by atoms with E-state index < -0.39 is 0 Å². The average molecular weight is 230 g/mol. The second kappa shape index (κ2) is 4.33. The van der Waals surface area contributed by atoms with E-state index in [4.69, 9.17) is 11.6 Å². The van der Waals surface area contributed by atoms with Gasteiger partial charge >= 0.3 is 0 Å². The predicted molar refractivity (Wildman–Crippen MR) is 61.3 cm³/mol. The number of aliphatic hydroxyl groups is 1. The minimum Gasteiger partial charge on any atom is -0.394 e. The molecule has 0 fully saturated rings. The lowest BCUT2D eigenvalue weighted by Gasteiger charge is -2.35. The van der Waals surface area contributed by atoms with E-state index >= 15 is 0 Å². The number of halogens is 1. The molecular weight excluding hydrogens is 214 g/mol. The molecule has 0 amide bonds. The van der Waals surface area contributed by atoms with E-state index in [9.17, 15) is 5.11 Å². The monoisotopic (exact) mass is 229 g/mol. The smallest absolute Gasteiger partial charge is 0.137 e. The Morgan fingerprint density at radius 2 is 2.07 bits per heavy atom. The van der Waals surface area contributed by atoms with Gasteiger partial charge in [0.2, 0.25) is 0 Å². The van der Waals surface area contributed by atoms with E-state index in [2.05, 4.69) is 9.97 Å². The average Bonchev–Trinajstić information content (AvgIpc) is 2.21. The van der Waals surface area contributed by atoms with Crippen molar-refractivity contribution >= 4 is 17.4 Å². The molecule has 15 heavy (non-hydrogen) atoms. The molecule has 1 N–H and O–H groups in total. The molecule has 0 aliphatic rings. The lowest BCUT2D eigenvalue weighted by Crippen LogP contribution is -2.45. The van der Waals surface area contributed by atoms with Crippen LogP contribution in [0.4, 0.5) is 5.82 Å². The van der Waals surface area contributed by atoms with Crippen LogP contribution in [0.15, 0.2) is 6.33 Å². The van der Waals surface area contributed by atoms with Crippen molar-refractivity contribution in [2.24, 2.45) is 0 Å². The Morgan fingerprint density at radius 1 is 1.47 bits per heavy atom. The van der Waals surface area contributed by atoms with Crippen molar-refractivity contribution in [3.63, 3.8) is 0 Å². The molecule has 0 aromatic carbocycles. The Labute approximate surface area is 94.9 Å². The summed E-state index contributed by atoms with van der Waals surface area (Å²) in [6, 6.07) is 0. The van der Waals surface area contributed by atoms with Gasteiger partial charge in [-0.15, -0.1) is 0 Å². The fraction of sp³-hybridized carbons (Fsp3) is 0.600. The zero-order chi connectivity index (χ0) is 11.6. The summed E-state index contributed by atoms with van der Waals surface area (Å²) in [5, 5.41) is 9.71. The molecule has 0 radical (unpaired) electrons. The minimum absolute atomic E-state index is 0.0462. The maximum Gasteiger partial charge on any atom is 0.137 e. The van der Waals surface area contributed by atoms with Crippen LogP contribution in [0, 0.1) is 6.92 Å². The highest BCUT2D eigenvalue weighted by Gasteiger charge is 2.25. The summed E-state index contributed by atoms with van der Waals surface area (Å²) in [6.45, 7) is 5.77. The first-order valence-corrected chi connectivity index (χ1v) is 5.09. The van der Waals surface area contributed by atoms with Crippen molar-refractivity contribution < 1.29 is 5.11 Å². The molecule has 0 aliphatic heterocycles. The maximum absolute atomic E-state index is 9.27. The molecule has 0 atom stereocenters. The number of likely N-dealkylation sites (N-methyl/N-ethyl adjacent to an activating group) is 1. The van der Waals surface area contributed by atoms with E-state index in [0.717, 1.165) is 11.4 Å². The van der Waals surface area contributed by atoms with Crippen LogP contribution < -0.4 is 4.90 Å². The van der Waals surface area contributed by atoms with Gasteiger partial charge in [0.15, 0.2) is 0 Å². The second-order valence-electron chi connectivity index (χ2n) is 4.14. The molecule has 4 nitrogen and oxygen atoms in total. The SMILES string of the molecule is Cc1c(Cl)ncnc1N(C)C(C)(C)CO. The van der Waals surface area contributed by atoms with E-state index in [0.29, 0.717) is 5.15 Å². The van der Waals surface area contributed by atoms with Gasteiger partial charge in [0, 0.05) is 12.6 Å². The lowest BCUT2D eigenvalue weighted by atomic mass is 10.0. The molecular formula is C10H16ClN3O. The molecule has 0 aliphatic carbocycles. The highest BCUT2D eigenvalue weighted by atomic mass is 35.5. The van der Waals surface area contributed by atoms with Crippen molar-refractivity contribution in [3.8, 4) is 0 Å². The minimum atomic E-state index is -0.373. The van der Waals surface area contributed by atoms with Crippen molar-refractivity contribution in [2.45, 2.75) is 26.3 Å². The van der Waals surface area contributed by atoms with Crippen molar-refractivity contribution in [1.82, 2.24) is 9.97 Å². The first-order valence-electron chi connectivity index (χ1n) is 4.72. The van der Waals surface area contributed by atoms with Crippen molar-refractivity contribution in [3.05, 3.63) is 17.0 Å².